The summed E-state index contributed by atoms with van der Waals surface area (Å²) in [6.45, 7) is 0. The monoisotopic (exact) mass is 266 g/mol. The van der Waals surface area contributed by atoms with Crippen molar-refractivity contribution in [3.8, 4) is 11.6 Å². The van der Waals surface area contributed by atoms with Crippen molar-refractivity contribution in [2.75, 3.05) is 0 Å². The highest BCUT2D eigenvalue weighted by molar-refractivity contribution is 5.83. The van der Waals surface area contributed by atoms with E-state index in [2.05, 4.69) is 4.98 Å². The summed E-state index contributed by atoms with van der Waals surface area (Å²) >= 11 is 0. The zero-order chi connectivity index (χ0) is 13.9. The van der Waals surface area contributed by atoms with E-state index in [0.29, 0.717) is 11.6 Å². The van der Waals surface area contributed by atoms with Gasteiger partial charge < -0.3 is 4.74 Å². The minimum absolute atomic E-state index is 0.0594. The first-order valence-electron chi connectivity index (χ1n) is 5.99. The molecule has 20 heavy (non-hydrogen) atoms. The number of ether oxygens (including phenoxy) is 1. The van der Waals surface area contributed by atoms with Crippen LogP contribution >= 0.6 is 0 Å². The molecule has 0 radical (unpaired) electrons. The standard InChI is InChI=1S/C15H10N2O3/c18-17(19)13-6-8-15(16-10-13)20-14-7-5-11-3-1-2-4-12(11)9-14/h1-10H. The Balaban J connectivity index is 1.87. The Morgan fingerprint density at radius 2 is 1.80 bits per heavy atom. The second-order valence-electron chi connectivity index (χ2n) is 4.22. The number of aromatic nitrogens is 1. The fourth-order valence-electron chi connectivity index (χ4n) is 1.89. The van der Waals surface area contributed by atoms with E-state index in [9.17, 15) is 10.1 Å². The van der Waals surface area contributed by atoms with Gasteiger partial charge in [0.25, 0.3) is 5.69 Å². The fourth-order valence-corrected chi connectivity index (χ4v) is 1.89. The van der Waals surface area contributed by atoms with Crippen LogP contribution in [-0.2, 0) is 0 Å². The van der Waals surface area contributed by atoms with Crippen LogP contribution in [0, 0.1) is 10.1 Å². The lowest BCUT2D eigenvalue weighted by Gasteiger charge is -2.05. The Morgan fingerprint density at radius 3 is 2.50 bits per heavy atom. The van der Waals surface area contributed by atoms with Crippen molar-refractivity contribution in [1.29, 1.82) is 0 Å². The van der Waals surface area contributed by atoms with Crippen LogP contribution in [0.25, 0.3) is 10.8 Å². The molecule has 0 saturated heterocycles. The van der Waals surface area contributed by atoms with Crippen molar-refractivity contribution >= 4 is 16.5 Å². The lowest BCUT2D eigenvalue weighted by molar-refractivity contribution is -0.385. The number of benzene rings is 2. The van der Waals surface area contributed by atoms with Gasteiger partial charge in [-0.3, -0.25) is 10.1 Å². The van der Waals surface area contributed by atoms with Gasteiger partial charge in [-0.2, -0.15) is 0 Å². The zero-order valence-electron chi connectivity index (χ0n) is 10.4. The van der Waals surface area contributed by atoms with Crippen LogP contribution in [0.5, 0.6) is 11.6 Å². The predicted molar refractivity (Wildman–Crippen MR) is 74.9 cm³/mol. The van der Waals surface area contributed by atoms with Gasteiger partial charge in [-0.05, 0) is 22.9 Å². The second kappa shape index (κ2) is 4.97. The van der Waals surface area contributed by atoms with Crippen molar-refractivity contribution < 1.29 is 9.66 Å². The van der Waals surface area contributed by atoms with E-state index in [1.54, 1.807) is 0 Å². The van der Waals surface area contributed by atoms with E-state index in [1.807, 2.05) is 42.5 Å². The summed E-state index contributed by atoms with van der Waals surface area (Å²) in [6, 6.07) is 16.5. The first-order chi connectivity index (χ1) is 9.72. The maximum absolute atomic E-state index is 10.5. The molecule has 0 bridgehead atoms. The second-order valence-corrected chi connectivity index (χ2v) is 4.22. The van der Waals surface area contributed by atoms with Crippen molar-refractivity contribution in [2.45, 2.75) is 0 Å². The molecule has 0 N–H and O–H groups in total. The lowest BCUT2D eigenvalue weighted by Crippen LogP contribution is -1.91. The van der Waals surface area contributed by atoms with E-state index >= 15 is 0 Å². The van der Waals surface area contributed by atoms with E-state index in [-0.39, 0.29) is 5.69 Å². The quantitative estimate of drug-likeness (QED) is 0.532. The van der Waals surface area contributed by atoms with Gasteiger partial charge in [0, 0.05) is 12.1 Å². The summed E-state index contributed by atoms with van der Waals surface area (Å²) in [4.78, 5) is 14.0. The molecule has 0 aliphatic heterocycles. The van der Waals surface area contributed by atoms with Crippen LogP contribution in [0.15, 0.2) is 60.8 Å². The molecule has 0 spiro atoms. The maximum Gasteiger partial charge on any atom is 0.287 e. The SMILES string of the molecule is O=[N+]([O-])c1ccc(Oc2ccc3ccccc3c2)nc1. The first-order valence-corrected chi connectivity index (χ1v) is 5.99. The highest BCUT2D eigenvalue weighted by Crippen LogP contribution is 2.25. The van der Waals surface area contributed by atoms with Crippen LogP contribution in [0.4, 0.5) is 5.69 Å². The van der Waals surface area contributed by atoms with Crippen molar-refractivity contribution in [1.82, 2.24) is 4.98 Å². The van der Waals surface area contributed by atoms with Gasteiger partial charge in [-0.1, -0.05) is 30.3 Å². The first kappa shape index (κ1) is 12.1. The van der Waals surface area contributed by atoms with Gasteiger partial charge in [0.15, 0.2) is 0 Å². The highest BCUT2D eigenvalue weighted by atomic mass is 16.6. The Bertz CT molecular complexity index is 769. The average Bonchev–Trinajstić information content (AvgIpc) is 2.48. The molecule has 98 valence electrons. The van der Waals surface area contributed by atoms with E-state index in [0.717, 1.165) is 10.8 Å². The van der Waals surface area contributed by atoms with Gasteiger partial charge >= 0.3 is 0 Å². The molecule has 5 heteroatoms. The van der Waals surface area contributed by atoms with Crippen molar-refractivity contribution in [2.24, 2.45) is 0 Å². The number of nitro groups is 1. The summed E-state index contributed by atoms with van der Waals surface area (Å²) < 4.78 is 5.59. The van der Waals surface area contributed by atoms with Crippen LogP contribution in [0.1, 0.15) is 0 Å². The number of fused-ring (bicyclic) bond motifs is 1. The van der Waals surface area contributed by atoms with Gasteiger partial charge in [-0.15, -0.1) is 0 Å². The summed E-state index contributed by atoms with van der Waals surface area (Å²) in [5.41, 5.74) is -0.0594. The highest BCUT2D eigenvalue weighted by Gasteiger charge is 2.06. The Labute approximate surface area is 114 Å². The van der Waals surface area contributed by atoms with Gasteiger partial charge in [0.05, 0.1) is 4.92 Å². The van der Waals surface area contributed by atoms with Crippen molar-refractivity contribution in [3.05, 3.63) is 70.9 Å². The molecular formula is C15H10N2O3. The summed E-state index contributed by atoms with van der Waals surface area (Å²) in [6.07, 6.45) is 1.18. The van der Waals surface area contributed by atoms with Crippen LogP contribution in [-0.4, -0.2) is 9.91 Å². The third-order valence-corrected chi connectivity index (χ3v) is 2.87. The summed E-state index contributed by atoms with van der Waals surface area (Å²) in [7, 11) is 0. The molecule has 1 aromatic heterocycles. The fraction of sp³-hybridized carbons (Fsp3) is 0. The molecule has 0 aliphatic carbocycles. The lowest BCUT2D eigenvalue weighted by atomic mass is 10.1. The molecule has 3 rings (SSSR count). The number of hydrogen-bond donors (Lipinski definition) is 0. The normalized spacial score (nSPS) is 10.4. The Kier molecular flexibility index (Phi) is 3.01. The van der Waals surface area contributed by atoms with Crippen LogP contribution in [0.3, 0.4) is 0 Å². The van der Waals surface area contributed by atoms with Crippen molar-refractivity contribution in [3.63, 3.8) is 0 Å². The molecule has 0 aliphatic rings. The summed E-state index contributed by atoms with van der Waals surface area (Å²) in [5.74, 6) is 0.968. The summed E-state index contributed by atoms with van der Waals surface area (Å²) in [5, 5.41) is 12.7. The molecule has 1 heterocycles. The topological polar surface area (TPSA) is 65.3 Å². The van der Waals surface area contributed by atoms with Crippen LogP contribution in [0.2, 0.25) is 0 Å². The maximum atomic E-state index is 10.5. The smallest absolute Gasteiger partial charge is 0.287 e. The van der Waals surface area contributed by atoms with E-state index in [4.69, 9.17) is 4.74 Å². The Morgan fingerprint density at radius 1 is 1.00 bits per heavy atom. The Hall–Kier alpha value is -2.95. The number of hydrogen-bond acceptors (Lipinski definition) is 4. The van der Waals surface area contributed by atoms with Gasteiger partial charge in [0.1, 0.15) is 11.9 Å². The number of nitrogens with zero attached hydrogens (tertiary/aromatic N) is 2. The van der Waals surface area contributed by atoms with Crippen LogP contribution < -0.4 is 4.74 Å². The number of rotatable bonds is 3. The molecule has 0 unspecified atom stereocenters. The third-order valence-electron chi connectivity index (χ3n) is 2.87. The van der Waals surface area contributed by atoms with E-state index < -0.39 is 4.92 Å². The average molecular weight is 266 g/mol. The molecule has 3 aromatic rings. The predicted octanol–water partition coefficient (Wildman–Crippen LogP) is 3.94. The molecule has 5 nitrogen and oxygen atoms in total. The van der Waals surface area contributed by atoms with Gasteiger partial charge in [0.2, 0.25) is 5.88 Å². The van der Waals surface area contributed by atoms with E-state index in [1.165, 1.54) is 18.3 Å². The molecular weight excluding hydrogens is 256 g/mol. The molecule has 2 aromatic carbocycles. The molecule has 0 atom stereocenters. The number of pyridine rings is 1. The third kappa shape index (κ3) is 2.42. The molecule has 0 fully saturated rings. The minimum atomic E-state index is -0.493. The minimum Gasteiger partial charge on any atom is -0.439 e. The molecule has 0 saturated carbocycles. The zero-order valence-corrected chi connectivity index (χ0v) is 10.4. The van der Waals surface area contributed by atoms with Gasteiger partial charge in [-0.25, -0.2) is 4.98 Å². The largest absolute Gasteiger partial charge is 0.439 e. The molecule has 0 amide bonds.